The van der Waals surface area contributed by atoms with Gasteiger partial charge < -0.3 is 5.32 Å². The monoisotopic (exact) mass is 257 g/mol. The number of nitrogens with one attached hydrogen (secondary N) is 1. The van der Waals surface area contributed by atoms with E-state index in [9.17, 15) is 13.2 Å². The van der Waals surface area contributed by atoms with Crippen LogP contribution in [0, 0.1) is 11.3 Å². The van der Waals surface area contributed by atoms with E-state index in [2.05, 4.69) is 15.3 Å². The standard InChI is InChI=1S/C12H14F3N3/c13-12(14,15)10-5-17-9(4-18-10)1-8-2-11(3-8)6-16-7-11/h4-5,8,16H,1-3,6-7H2. The van der Waals surface area contributed by atoms with Gasteiger partial charge in [0.25, 0.3) is 0 Å². The van der Waals surface area contributed by atoms with Crippen molar-refractivity contribution in [3.8, 4) is 0 Å². The Morgan fingerprint density at radius 1 is 1.22 bits per heavy atom. The lowest BCUT2D eigenvalue weighted by Gasteiger charge is -2.54. The third kappa shape index (κ3) is 2.09. The summed E-state index contributed by atoms with van der Waals surface area (Å²) in [4.78, 5) is 7.29. The fourth-order valence-electron chi connectivity index (χ4n) is 2.98. The minimum atomic E-state index is -4.40. The molecular weight excluding hydrogens is 243 g/mol. The van der Waals surface area contributed by atoms with Crippen molar-refractivity contribution in [3.63, 3.8) is 0 Å². The van der Waals surface area contributed by atoms with Crippen molar-refractivity contribution in [1.82, 2.24) is 15.3 Å². The van der Waals surface area contributed by atoms with Crippen LogP contribution in [0.5, 0.6) is 0 Å². The second kappa shape index (κ2) is 3.91. The molecule has 98 valence electrons. The minimum absolute atomic E-state index is 0.490. The average Bonchev–Trinajstić information content (AvgIpc) is 2.19. The number of hydrogen-bond donors (Lipinski definition) is 1. The predicted molar refractivity (Wildman–Crippen MR) is 58.8 cm³/mol. The molecule has 0 amide bonds. The SMILES string of the molecule is FC(F)(F)c1cnc(CC2CC3(CNC3)C2)cn1. The quantitative estimate of drug-likeness (QED) is 0.881. The fourth-order valence-corrected chi connectivity index (χ4v) is 2.98. The molecule has 2 heterocycles. The van der Waals surface area contributed by atoms with Gasteiger partial charge in [-0.05, 0) is 30.6 Å². The molecule has 0 aromatic carbocycles. The van der Waals surface area contributed by atoms with Crippen LogP contribution in [0.1, 0.15) is 24.2 Å². The molecule has 1 N–H and O–H groups in total. The Morgan fingerprint density at radius 2 is 1.94 bits per heavy atom. The van der Waals surface area contributed by atoms with Crippen LogP contribution in [0.15, 0.2) is 12.4 Å². The van der Waals surface area contributed by atoms with Crippen LogP contribution in [0.2, 0.25) is 0 Å². The summed E-state index contributed by atoms with van der Waals surface area (Å²) >= 11 is 0. The molecule has 0 radical (unpaired) electrons. The highest BCUT2D eigenvalue weighted by molar-refractivity contribution is 5.09. The zero-order chi connectivity index (χ0) is 12.8. The van der Waals surface area contributed by atoms with Crippen LogP contribution in [0.4, 0.5) is 13.2 Å². The van der Waals surface area contributed by atoms with Gasteiger partial charge in [-0.25, -0.2) is 4.98 Å². The van der Waals surface area contributed by atoms with Gasteiger partial charge in [0, 0.05) is 19.3 Å². The third-order valence-corrected chi connectivity index (χ3v) is 3.94. The predicted octanol–water partition coefficient (Wildman–Crippen LogP) is 2.04. The Morgan fingerprint density at radius 3 is 2.39 bits per heavy atom. The number of halogens is 3. The van der Waals surface area contributed by atoms with Gasteiger partial charge in [-0.2, -0.15) is 13.2 Å². The van der Waals surface area contributed by atoms with Crippen molar-refractivity contribution in [1.29, 1.82) is 0 Å². The van der Waals surface area contributed by atoms with Gasteiger partial charge >= 0.3 is 6.18 Å². The van der Waals surface area contributed by atoms with E-state index in [-0.39, 0.29) is 0 Å². The molecule has 2 aliphatic rings. The topological polar surface area (TPSA) is 37.8 Å². The first-order valence-electron chi connectivity index (χ1n) is 6.06. The van der Waals surface area contributed by atoms with Crippen LogP contribution in [-0.4, -0.2) is 23.1 Å². The molecule has 1 saturated carbocycles. The molecule has 0 bridgehead atoms. The number of hydrogen-bond acceptors (Lipinski definition) is 3. The first-order chi connectivity index (χ1) is 8.47. The summed E-state index contributed by atoms with van der Waals surface area (Å²) in [7, 11) is 0. The summed E-state index contributed by atoms with van der Waals surface area (Å²) in [5, 5.41) is 3.26. The summed E-state index contributed by atoms with van der Waals surface area (Å²) < 4.78 is 36.9. The zero-order valence-corrected chi connectivity index (χ0v) is 9.80. The fraction of sp³-hybridized carbons (Fsp3) is 0.667. The normalized spacial score (nSPS) is 22.6. The van der Waals surface area contributed by atoms with Gasteiger partial charge in [-0.1, -0.05) is 0 Å². The second-order valence-electron chi connectivity index (χ2n) is 5.47. The molecular formula is C12H14F3N3. The first-order valence-corrected chi connectivity index (χ1v) is 6.06. The largest absolute Gasteiger partial charge is 0.434 e. The molecule has 1 aliphatic carbocycles. The van der Waals surface area contributed by atoms with Crippen molar-refractivity contribution in [2.75, 3.05) is 13.1 Å². The summed E-state index contributed by atoms with van der Waals surface area (Å²) in [6, 6.07) is 0. The second-order valence-corrected chi connectivity index (χ2v) is 5.47. The van der Waals surface area contributed by atoms with Crippen LogP contribution in [-0.2, 0) is 12.6 Å². The number of nitrogens with zero attached hydrogens (tertiary/aromatic N) is 2. The minimum Gasteiger partial charge on any atom is -0.316 e. The lowest BCUT2D eigenvalue weighted by molar-refractivity contribution is -0.141. The maximum Gasteiger partial charge on any atom is 0.434 e. The maximum atomic E-state index is 12.3. The average molecular weight is 257 g/mol. The Balaban J connectivity index is 1.57. The highest BCUT2D eigenvalue weighted by atomic mass is 19.4. The van der Waals surface area contributed by atoms with E-state index in [0.717, 1.165) is 38.5 Å². The highest BCUT2D eigenvalue weighted by Crippen LogP contribution is 2.49. The van der Waals surface area contributed by atoms with Gasteiger partial charge in [0.05, 0.1) is 11.9 Å². The molecule has 1 saturated heterocycles. The van der Waals surface area contributed by atoms with E-state index in [1.807, 2.05) is 0 Å². The molecule has 1 aliphatic heterocycles. The Kier molecular flexibility index (Phi) is 2.59. The number of aromatic nitrogens is 2. The summed E-state index contributed by atoms with van der Waals surface area (Å²) in [6.07, 6.45) is 0.740. The molecule has 1 aromatic heterocycles. The summed E-state index contributed by atoms with van der Waals surface area (Å²) in [6.45, 7) is 2.17. The van der Waals surface area contributed by atoms with Crippen molar-refractivity contribution in [3.05, 3.63) is 23.8 Å². The number of alkyl halides is 3. The van der Waals surface area contributed by atoms with Crippen LogP contribution < -0.4 is 5.32 Å². The van der Waals surface area contributed by atoms with Gasteiger partial charge in [0.15, 0.2) is 5.69 Å². The van der Waals surface area contributed by atoms with E-state index in [1.54, 1.807) is 0 Å². The van der Waals surface area contributed by atoms with E-state index in [1.165, 1.54) is 6.20 Å². The van der Waals surface area contributed by atoms with E-state index < -0.39 is 11.9 Å². The van der Waals surface area contributed by atoms with Crippen LogP contribution in [0.25, 0.3) is 0 Å². The molecule has 2 fully saturated rings. The molecule has 3 nitrogen and oxygen atoms in total. The lowest BCUT2D eigenvalue weighted by atomic mass is 9.57. The van der Waals surface area contributed by atoms with E-state index >= 15 is 0 Å². The van der Waals surface area contributed by atoms with Gasteiger partial charge in [-0.15, -0.1) is 0 Å². The Hall–Kier alpha value is -1.17. The zero-order valence-electron chi connectivity index (χ0n) is 9.80. The molecule has 0 atom stereocenters. The van der Waals surface area contributed by atoms with Gasteiger partial charge in [0.2, 0.25) is 0 Å². The van der Waals surface area contributed by atoms with Gasteiger partial charge in [-0.3, -0.25) is 4.98 Å². The van der Waals surface area contributed by atoms with Crippen LogP contribution >= 0.6 is 0 Å². The summed E-state index contributed by atoms with van der Waals surface area (Å²) in [5.74, 6) is 0.554. The third-order valence-electron chi connectivity index (χ3n) is 3.94. The van der Waals surface area contributed by atoms with Crippen molar-refractivity contribution < 1.29 is 13.2 Å². The highest BCUT2D eigenvalue weighted by Gasteiger charge is 2.48. The van der Waals surface area contributed by atoms with E-state index in [4.69, 9.17) is 0 Å². The molecule has 18 heavy (non-hydrogen) atoms. The Labute approximate surface area is 103 Å². The maximum absolute atomic E-state index is 12.3. The Bertz CT molecular complexity index is 429. The van der Waals surface area contributed by atoms with Gasteiger partial charge in [0.1, 0.15) is 0 Å². The van der Waals surface area contributed by atoms with Crippen LogP contribution in [0.3, 0.4) is 0 Å². The summed E-state index contributed by atoms with van der Waals surface area (Å²) in [5.41, 5.74) is 0.235. The van der Waals surface area contributed by atoms with Crippen molar-refractivity contribution in [2.45, 2.75) is 25.4 Å². The molecule has 1 aromatic rings. The molecule has 0 unspecified atom stereocenters. The molecule has 6 heteroatoms. The lowest BCUT2D eigenvalue weighted by Crippen LogP contribution is -2.60. The van der Waals surface area contributed by atoms with Crippen molar-refractivity contribution >= 4 is 0 Å². The molecule has 3 rings (SSSR count). The van der Waals surface area contributed by atoms with E-state index in [0.29, 0.717) is 17.0 Å². The first kappa shape index (κ1) is 11.9. The smallest absolute Gasteiger partial charge is 0.316 e. The van der Waals surface area contributed by atoms with Crippen molar-refractivity contribution in [2.24, 2.45) is 11.3 Å². The molecule has 1 spiro atoms. The number of rotatable bonds is 2.